The zero-order chi connectivity index (χ0) is 19.0. The lowest BCUT2D eigenvalue weighted by Crippen LogP contribution is -2.21. The third kappa shape index (κ3) is 3.94. The van der Waals surface area contributed by atoms with E-state index in [2.05, 4.69) is 17.6 Å². The Morgan fingerprint density at radius 2 is 1.81 bits per heavy atom. The molecule has 1 aromatic heterocycles. The van der Waals surface area contributed by atoms with Crippen LogP contribution in [0.4, 0.5) is 16.3 Å². The molecular weight excluding hydrogens is 383 g/mol. The number of carbonyl (C=O) groups excluding carboxylic acids is 1. The van der Waals surface area contributed by atoms with Crippen LogP contribution in [-0.4, -0.2) is 15.8 Å². The van der Waals surface area contributed by atoms with Gasteiger partial charge in [0.2, 0.25) is 0 Å². The van der Waals surface area contributed by atoms with Gasteiger partial charge in [-0.1, -0.05) is 48.3 Å². The van der Waals surface area contributed by atoms with E-state index >= 15 is 0 Å². The molecule has 3 aromatic rings. The van der Waals surface area contributed by atoms with E-state index in [9.17, 15) is 4.79 Å². The molecule has 2 unspecified atom stereocenters. The lowest BCUT2D eigenvalue weighted by molar-refractivity contribution is 0.262. The second kappa shape index (κ2) is 7.25. The van der Waals surface area contributed by atoms with Gasteiger partial charge in [-0.15, -0.1) is 0 Å². The van der Waals surface area contributed by atoms with Crippen molar-refractivity contribution in [3.63, 3.8) is 0 Å². The maximum absolute atomic E-state index is 12.5. The SMILES string of the molecule is CC1CC1c1cc(NC(=O)Nc2ccc(Cl)c(Cl)c2)n(-c2ccccc2)n1. The lowest BCUT2D eigenvalue weighted by Gasteiger charge is -2.10. The number of nitrogens with one attached hydrogen (secondary N) is 2. The second-order valence-corrected chi connectivity index (χ2v) is 7.54. The van der Waals surface area contributed by atoms with E-state index < -0.39 is 0 Å². The van der Waals surface area contributed by atoms with Crippen LogP contribution in [0.2, 0.25) is 10.0 Å². The molecule has 1 heterocycles. The average Bonchev–Trinajstić information content (AvgIpc) is 3.24. The third-order valence-corrected chi connectivity index (χ3v) is 5.38. The van der Waals surface area contributed by atoms with Gasteiger partial charge in [0.1, 0.15) is 5.82 Å². The number of hydrogen-bond donors (Lipinski definition) is 2. The molecule has 138 valence electrons. The van der Waals surface area contributed by atoms with Crippen molar-refractivity contribution in [1.29, 1.82) is 0 Å². The highest BCUT2D eigenvalue weighted by Gasteiger charge is 2.36. The first kappa shape index (κ1) is 17.9. The minimum Gasteiger partial charge on any atom is -0.308 e. The number of carbonyl (C=O) groups is 1. The highest BCUT2D eigenvalue weighted by Crippen LogP contribution is 2.47. The summed E-state index contributed by atoms with van der Waals surface area (Å²) in [5, 5.41) is 11.2. The highest BCUT2D eigenvalue weighted by molar-refractivity contribution is 6.42. The van der Waals surface area contributed by atoms with Gasteiger partial charge in [0.25, 0.3) is 0 Å². The normalized spacial score (nSPS) is 18.2. The summed E-state index contributed by atoms with van der Waals surface area (Å²) in [6, 6.07) is 16.2. The fraction of sp³-hybridized carbons (Fsp3) is 0.200. The van der Waals surface area contributed by atoms with Crippen LogP contribution in [0.15, 0.2) is 54.6 Å². The number of rotatable bonds is 4. The Morgan fingerprint density at radius 3 is 2.48 bits per heavy atom. The fourth-order valence-electron chi connectivity index (χ4n) is 3.02. The first-order valence-corrected chi connectivity index (χ1v) is 9.45. The monoisotopic (exact) mass is 400 g/mol. The molecule has 0 bridgehead atoms. The molecular formula is C20H18Cl2N4O. The van der Waals surface area contributed by atoms with Crippen LogP contribution in [0.25, 0.3) is 5.69 Å². The zero-order valence-corrected chi connectivity index (χ0v) is 16.1. The topological polar surface area (TPSA) is 59.0 Å². The number of nitrogens with zero attached hydrogens (tertiary/aromatic N) is 2. The van der Waals surface area contributed by atoms with Gasteiger partial charge < -0.3 is 5.32 Å². The summed E-state index contributed by atoms with van der Waals surface area (Å²) < 4.78 is 1.76. The molecule has 0 saturated heterocycles. The largest absolute Gasteiger partial charge is 0.324 e. The minimum atomic E-state index is -0.374. The first-order chi connectivity index (χ1) is 13.0. The van der Waals surface area contributed by atoms with Crippen molar-refractivity contribution in [3.05, 3.63) is 70.3 Å². The summed E-state index contributed by atoms with van der Waals surface area (Å²) in [4.78, 5) is 12.5. The molecule has 2 amide bonds. The molecule has 4 rings (SSSR count). The molecule has 2 N–H and O–H groups in total. The Hall–Kier alpha value is -2.50. The van der Waals surface area contributed by atoms with Crippen LogP contribution in [0, 0.1) is 5.92 Å². The van der Waals surface area contributed by atoms with Crippen LogP contribution < -0.4 is 10.6 Å². The maximum Gasteiger partial charge on any atom is 0.324 e. The molecule has 1 fully saturated rings. The van der Waals surface area contributed by atoms with Crippen molar-refractivity contribution >= 4 is 40.7 Å². The number of urea groups is 1. The summed E-state index contributed by atoms with van der Waals surface area (Å²) >= 11 is 11.9. The van der Waals surface area contributed by atoms with E-state index in [4.69, 9.17) is 28.3 Å². The molecule has 0 spiro atoms. The van der Waals surface area contributed by atoms with Crippen molar-refractivity contribution in [2.24, 2.45) is 5.92 Å². The Bertz CT molecular complexity index is 987. The third-order valence-electron chi connectivity index (χ3n) is 4.64. The summed E-state index contributed by atoms with van der Waals surface area (Å²) in [6.45, 7) is 2.20. The Labute approximate surface area is 167 Å². The van der Waals surface area contributed by atoms with Crippen molar-refractivity contribution in [2.45, 2.75) is 19.3 Å². The van der Waals surface area contributed by atoms with Gasteiger partial charge in [-0.05, 0) is 42.7 Å². The molecule has 2 atom stereocenters. The highest BCUT2D eigenvalue weighted by atomic mass is 35.5. The number of anilines is 2. The summed E-state index contributed by atoms with van der Waals surface area (Å²) in [5.41, 5.74) is 2.45. The quantitative estimate of drug-likeness (QED) is 0.568. The molecule has 0 aliphatic heterocycles. The zero-order valence-electron chi connectivity index (χ0n) is 14.6. The minimum absolute atomic E-state index is 0.374. The van der Waals surface area contributed by atoms with Gasteiger partial charge in [-0.2, -0.15) is 5.10 Å². The summed E-state index contributed by atoms with van der Waals surface area (Å²) in [7, 11) is 0. The first-order valence-electron chi connectivity index (χ1n) is 8.69. The summed E-state index contributed by atoms with van der Waals surface area (Å²) in [5.74, 6) is 1.70. The van der Waals surface area contributed by atoms with Crippen LogP contribution in [0.5, 0.6) is 0 Å². The fourth-order valence-corrected chi connectivity index (χ4v) is 3.32. The number of benzene rings is 2. The van der Waals surface area contributed by atoms with Crippen molar-refractivity contribution in [1.82, 2.24) is 9.78 Å². The number of hydrogen-bond acceptors (Lipinski definition) is 2. The lowest BCUT2D eigenvalue weighted by atomic mass is 10.2. The second-order valence-electron chi connectivity index (χ2n) is 6.73. The number of amides is 2. The van der Waals surface area contributed by atoms with E-state index in [0.717, 1.165) is 17.8 Å². The van der Waals surface area contributed by atoms with E-state index in [-0.39, 0.29) is 6.03 Å². The predicted octanol–water partition coefficient (Wildman–Crippen LogP) is 5.95. The smallest absolute Gasteiger partial charge is 0.308 e. The maximum atomic E-state index is 12.5. The van der Waals surface area contributed by atoms with Crippen LogP contribution in [-0.2, 0) is 0 Å². The summed E-state index contributed by atoms with van der Waals surface area (Å²) in [6.07, 6.45) is 1.13. The van der Waals surface area contributed by atoms with E-state index in [0.29, 0.717) is 33.4 Å². The van der Waals surface area contributed by atoms with E-state index in [1.54, 1.807) is 22.9 Å². The Balaban J connectivity index is 1.57. The average molecular weight is 401 g/mol. The van der Waals surface area contributed by atoms with Crippen molar-refractivity contribution in [3.8, 4) is 5.69 Å². The van der Waals surface area contributed by atoms with Crippen LogP contribution in [0.1, 0.15) is 25.0 Å². The standard InChI is InChI=1S/C20H18Cl2N4O/c1-12-9-15(12)18-11-19(26(25-18)14-5-3-2-4-6-14)24-20(27)23-13-7-8-16(21)17(22)10-13/h2-8,10-12,15H,9H2,1H3,(H2,23,24,27). The Kier molecular flexibility index (Phi) is 4.81. The van der Waals surface area contributed by atoms with Gasteiger partial charge in [-0.25, -0.2) is 9.48 Å². The molecule has 1 saturated carbocycles. The molecule has 27 heavy (non-hydrogen) atoms. The molecule has 1 aliphatic rings. The van der Waals surface area contributed by atoms with Gasteiger partial charge >= 0.3 is 6.03 Å². The number of halogens is 2. The van der Waals surface area contributed by atoms with Crippen molar-refractivity contribution < 1.29 is 4.79 Å². The molecule has 1 aliphatic carbocycles. The van der Waals surface area contributed by atoms with Gasteiger partial charge in [-0.3, -0.25) is 5.32 Å². The van der Waals surface area contributed by atoms with E-state index in [1.165, 1.54) is 0 Å². The molecule has 2 aromatic carbocycles. The van der Waals surface area contributed by atoms with Gasteiger partial charge in [0, 0.05) is 17.7 Å². The predicted molar refractivity (Wildman–Crippen MR) is 109 cm³/mol. The van der Waals surface area contributed by atoms with Gasteiger partial charge in [0.15, 0.2) is 0 Å². The van der Waals surface area contributed by atoms with Crippen LogP contribution >= 0.6 is 23.2 Å². The molecule has 7 heteroatoms. The Morgan fingerprint density at radius 1 is 1.07 bits per heavy atom. The number of para-hydroxylation sites is 1. The van der Waals surface area contributed by atoms with Crippen molar-refractivity contribution in [2.75, 3.05) is 10.6 Å². The van der Waals surface area contributed by atoms with Crippen LogP contribution in [0.3, 0.4) is 0 Å². The number of aromatic nitrogens is 2. The van der Waals surface area contributed by atoms with E-state index in [1.807, 2.05) is 36.4 Å². The molecule has 5 nitrogen and oxygen atoms in total. The molecule has 0 radical (unpaired) electrons. The van der Waals surface area contributed by atoms with Gasteiger partial charge in [0.05, 0.1) is 21.4 Å².